The van der Waals surface area contributed by atoms with E-state index >= 15 is 0 Å². The van der Waals surface area contributed by atoms with Crippen molar-refractivity contribution in [2.24, 2.45) is 0 Å². The third kappa shape index (κ3) is 3.20. The summed E-state index contributed by atoms with van der Waals surface area (Å²) in [5.74, 6) is -0.987. The van der Waals surface area contributed by atoms with Crippen LogP contribution in [0, 0.1) is 0 Å². The molecule has 0 bridgehead atoms. The molecule has 0 aliphatic rings. The molecule has 14 heavy (non-hydrogen) atoms. The highest BCUT2D eigenvalue weighted by Gasteiger charge is 2.16. The van der Waals surface area contributed by atoms with Crippen LogP contribution in [0.3, 0.4) is 0 Å². The Balaban J connectivity index is 2.60. The lowest BCUT2D eigenvalue weighted by atomic mass is 10.0. The molecule has 0 unspecified atom stereocenters. The van der Waals surface area contributed by atoms with E-state index in [1.54, 1.807) is 0 Å². The van der Waals surface area contributed by atoms with Crippen LogP contribution in [0.25, 0.3) is 0 Å². The Bertz CT molecular complexity index is 291. The smallest absolute Gasteiger partial charge is 0.393 e. The molecule has 1 atom stereocenters. The fraction of sp³-hybridized carbons (Fsp3) is 0.222. The highest BCUT2D eigenvalue weighted by Crippen LogP contribution is 2.02. The minimum Gasteiger partial charge on any atom is -0.480 e. The van der Waals surface area contributed by atoms with Gasteiger partial charge < -0.3 is 15.4 Å². The molecular weight excluding hydrogens is 181 g/mol. The van der Waals surface area contributed by atoms with Crippen molar-refractivity contribution >= 4 is 13.6 Å². The lowest BCUT2D eigenvalue weighted by Gasteiger charge is -2.11. The second-order valence-corrected chi connectivity index (χ2v) is 2.88. The first-order chi connectivity index (χ1) is 6.74. The van der Waals surface area contributed by atoms with E-state index < -0.39 is 12.0 Å². The summed E-state index contributed by atoms with van der Waals surface area (Å²) in [5.41, 5.74) is 0.911. The monoisotopic (exact) mass is 192 g/mol. The number of carboxylic acid groups (broad SMARTS) is 1. The second-order valence-electron chi connectivity index (χ2n) is 2.88. The van der Waals surface area contributed by atoms with E-state index in [4.69, 9.17) is 10.1 Å². The average Bonchev–Trinajstić information content (AvgIpc) is 2.18. The molecule has 3 N–H and O–H groups in total. The predicted octanol–water partition coefficient (Wildman–Crippen LogP) is -0.202. The molecule has 0 aromatic heterocycles. The number of carboxylic acids is 1. The zero-order valence-corrected chi connectivity index (χ0v) is 7.55. The van der Waals surface area contributed by atoms with E-state index in [9.17, 15) is 4.79 Å². The van der Waals surface area contributed by atoms with Gasteiger partial charge in [-0.1, -0.05) is 30.3 Å². The van der Waals surface area contributed by atoms with Crippen LogP contribution < -0.4 is 5.23 Å². The van der Waals surface area contributed by atoms with Gasteiger partial charge in [-0.3, -0.25) is 4.79 Å². The Morgan fingerprint density at radius 1 is 1.43 bits per heavy atom. The lowest BCUT2D eigenvalue weighted by Crippen LogP contribution is -2.40. The molecule has 1 aromatic carbocycles. The number of nitrogens with one attached hydrogen (secondary N) is 1. The van der Waals surface area contributed by atoms with E-state index in [-0.39, 0.29) is 0 Å². The van der Waals surface area contributed by atoms with E-state index in [1.807, 2.05) is 30.3 Å². The molecule has 0 aliphatic heterocycles. The molecule has 0 amide bonds. The summed E-state index contributed by atoms with van der Waals surface area (Å²) in [4.78, 5) is 10.7. The normalized spacial score (nSPS) is 12.1. The third-order valence-electron chi connectivity index (χ3n) is 1.86. The van der Waals surface area contributed by atoms with Gasteiger partial charge in [-0.05, 0) is 12.0 Å². The minimum atomic E-state index is -0.987. The Hall–Kier alpha value is -1.33. The summed E-state index contributed by atoms with van der Waals surface area (Å²) < 4.78 is 0. The van der Waals surface area contributed by atoms with Gasteiger partial charge in [0.1, 0.15) is 6.04 Å². The molecule has 0 fully saturated rings. The number of rotatable bonds is 5. The van der Waals surface area contributed by atoms with Gasteiger partial charge in [-0.2, -0.15) is 0 Å². The van der Waals surface area contributed by atoms with Gasteiger partial charge in [-0.15, -0.1) is 0 Å². The van der Waals surface area contributed by atoms with Crippen LogP contribution in [-0.2, 0) is 11.2 Å². The van der Waals surface area contributed by atoms with E-state index in [2.05, 4.69) is 5.23 Å². The Labute approximate surface area is 82.9 Å². The molecule has 1 rings (SSSR count). The maximum Gasteiger partial charge on any atom is 0.393 e. The molecule has 5 heteroatoms. The SMILES string of the molecule is O=C(O)[C@H](Cc1ccccc1)N[B]O. The molecule has 0 spiro atoms. The fourth-order valence-electron chi connectivity index (χ4n) is 1.16. The van der Waals surface area contributed by atoms with Gasteiger partial charge in [0.2, 0.25) is 0 Å². The van der Waals surface area contributed by atoms with Crippen LogP contribution in [0.4, 0.5) is 0 Å². The Kier molecular flexibility index (Phi) is 4.16. The fourth-order valence-corrected chi connectivity index (χ4v) is 1.16. The Morgan fingerprint density at radius 3 is 2.57 bits per heavy atom. The van der Waals surface area contributed by atoms with Gasteiger partial charge in [0.25, 0.3) is 0 Å². The maximum absolute atomic E-state index is 10.7. The van der Waals surface area contributed by atoms with Crippen molar-refractivity contribution in [1.29, 1.82) is 0 Å². The number of hydrogen-bond donors (Lipinski definition) is 3. The lowest BCUT2D eigenvalue weighted by molar-refractivity contribution is -0.139. The van der Waals surface area contributed by atoms with Crippen molar-refractivity contribution in [2.75, 3.05) is 0 Å². The summed E-state index contributed by atoms with van der Waals surface area (Å²) in [6, 6.07) is 8.45. The number of hydrogen-bond acceptors (Lipinski definition) is 3. The molecule has 4 nitrogen and oxygen atoms in total. The maximum atomic E-state index is 10.7. The third-order valence-corrected chi connectivity index (χ3v) is 1.86. The van der Waals surface area contributed by atoms with Crippen molar-refractivity contribution in [1.82, 2.24) is 5.23 Å². The zero-order valence-electron chi connectivity index (χ0n) is 7.55. The summed E-state index contributed by atoms with van der Waals surface area (Å²) in [6.45, 7) is 0. The van der Waals surface area contributed by atoms with E-state index in [1.165, 1.54) is 0 Å². The van der Waals surface area contributed by atoms with Crippen LogP contribution >= 0.6 is 0 Å². The van der Waals surface area contributed by atoms with Crippen LogP contribution in [-0.4, -0.2) is 29.8 Å². The van der Waals surface area contributed by atoms with Crippen LogP contribution in [0.2, 0.25) is 0 Å². The summed E-state index contributed by atoms with van der Waals surface area (Å²) in [5, 5.41) is 19.6. The average molecular weight is 192 g/mol. The predicted molar refractivity (Wildman–Crippen MR) is 52.7 cm³/mol. The van der Waals surface area contributed by atoms with Crippen molar-refractivity contribution < 1.29 is 14.9 Å². The minimum absolute atomic E-state index is 0.341. The molecule has 0 saturated heterocycles. The number of benzene rings is 1. The Morgan fingerprint density at radius 2 is 2.07 bits per heavy atom. The van der Waals surface area contributed by atoms with E-state index in [0.29, 0.717) is 14.0 Å². The highest BCUT2D eigenvalue weighted by atomic mass is 16.4. The van der Waals surface area contributed by atoms with Crippen molar-refractivity contribution in [3.63, 3.8) is 0 Å². The molecule has 0 aliphatic carbocycles. The summed E-state index contributed by atoms with van der Waals surface area (Å²) in [7, 11) is 0.654. The van der Waals surface area contributed by atoms with Crippen LogP contribution in [0.15, 0.2) is 30.3 Å². The number of aliphatic carboxylic acids is 1. The first kappa shape index (κ1) is 10.8. The molecule has 1 radical (unpaired) electrons. The van der Waals surface area contributed by atoms with Crippen molar-refractivity contribution in [3.05, 3.63) is 35.9 Å². The van der Waals surface area contributed by atoms with Gasteiger partial charge in [0, 0.05) is 0 Å². The quantitative estimate of drug-likeness (QED) is 0.565. The first-order valence-corrected chi connectivity index (χ1v) is 4.22. The number of carbonyl (C=O) groups is 1. The molecule has 1 aromatic rings. The first-order valence-electron chi connectivity index (χ1n) is 4.22. The molecular formula is C9H11BNO3. The second kappa shape index (κ2) is 5.41. The van der Waals surface area contributed by atoms with Crippen molar-refractivity contribution in [2.45, 2.75) is 12.5 Å². The summed E-state index contributed by atoms with van der Waals surface area (Å²) in [6.07, 6.45) is 0.341. The van der Waals surface area contributed by atoms with Gasteiger partial charge in [0.05, 0.1) is 0 Å². The standard InChI is InChI=1S/C9H11BNO3/c12-9(13)8(11-10-14)6-7-4-2-1-3-5-7/h1-5,8,11,14H,6H2,(H,12,13)/t8-/m0/s1. The summed E-state index contributed by atoms with van der Waals surface area (Å²) >= 11 is 0. The highest BCUT2D eigenvalue weighted by molar-refractivity contribution is 6.22. The topological polar surface area (TPSA) is 69.6 Å². The van der Waals surface area contributed by atoms with Gasteiger partial charge >= 0.3 is 13.6 Å². The van der Waals surface area contributed by atoms with Crippen LogP contribution in [0.5, 0.6) is 0 Å². The van der Waals surface area contributed by atoms with Crippen molar-refractivity contribution in [3.8, 4) is 0 Å². The molecule has 73 valence electrons. The van der Waals surface area contributed by atoms with Gasteiger partial charge in [-0.25, -0.2) is 0 Å². The largest absolute Gasteiger partial charge is 0.480 e. The zero-order chi connectivity index (χ0) is 10.4. The molecule has 0 heterocycles. The molecule has 0 saturated carbocycles. The van der Waals surface area contributed by atoms with E-state index in [0.717, 1.165) is 5.56 Å². The van der Waals surface area contributed by atoms with Crippen LogP contribution in [0.1, 0.15) is 5.56 Å². The van der Waals surface area contributed by atoms with Gasteiger partial charge in [0.15, 0.2) is 0 Å².